The van der Waals surface area contributed by atoms with Crippen LogP contribution in [0.2, 0.25) is 0 Å². The van der Waals surface area contributed by atoms with Crippen LogP contribution < -0.4 is 0 Å². The number of halogens is 1. The van der Waals surface area contributed by atoms with Gasteiger partial charge in [-0.05, 0) is 30.9 Å². The van der Waals surface area contributed by atoms with Crippen LogP contribution in [0.5, 0.6) is 0 Å². The molecular weight excluding hydrogens is 274 g/mol. The third-order valence-electron chi connectivity index (χ3n) is 3.85. The largest absolute Gasteiger partial charge is 0.324 e. The lowest BCUT2D eigenvalue weighted by Gasteiger charge is -2.47. The van der Waals surface area contributed by atoms with E-state index in [0.717, 1.165) is 27.4 Å². The zero-order chi connectivity index (χ0) is 13.1. The van der Waals surface area contributed by atoms with Crippen molar-refractivity contribution in [1.82, 2.24) is 4.31 Å². The Morgan fingerprint density at radius 1 is 1.39 bits per heavy atom. The second-order valence-corrected chi connectivity index (χ2v) is 7.33. The Balaban J connectivity index is 2.16. The Hall–Kier alpha value is -1.07. The maximum atomic E-state index is 11.6. The van der Waals surface area contributed by atoms with Crippen molar-refractivity contribution in [3.63, 3.8) is 0 Å². The Kier molecular flexibility index (Phi) is 2.32. The molecule has 96 valence electrons. The number of benzene rings is 1. The standard InChI is InChI=1S/C12H12ClNO3S/c1-8-2-3-9-4-5-12(10(9)6-8)7-11(15)14(12)18(13,16)17/h2-3,6H,4-5,7H2,1H3. The number of aryl methyl sites for hydroxylation is 2. The molecule has 1 aliphatic heterocycles. The highest BCUT2D eigenvalue weighted by atomic mass is 35.7. The van der Waals surface area contributed by atoms with Gasteiger partial charge in [-0.3, -0.25) is 4.79 Å². The Labute approximate surface area is 110 Å². The number of fused-ring (bicyclic) bond motifs is 2. The molecule has 18 heavy (non-hydrogen) atoms. The van der Waals surface area contributed by atoms with E-state index in [4.69, 9.17) is 10.7 Å². The van der Waals surface area contributed by atoms with Crippen LogP contribution in [0.15, 0.2) is 18.2 Å². The van der Waals surface area contributed by atoms with Gasteiger partial charge in [-0.1, -0.05) is 23.8 Å². The fraction of sp³-hybridized carbons (Fsp3) is 0.417. The van der Waals surface area contributed by atoms with Crippen molar-refractivity contribution in [3.05, 3.63) is 34.9 Å². The van der Waals surface area contributed by atoms with Crippen LogP contribution in [0.25, 0.3) is 0 Å². The van der Waals surface area contributed by atoms with Crippen LogP contribution in [-0.2, 0) is 26.0 Å². The summed E-state index contributed by atoms with van der Waals surface area (Å²) in [6.07, 6.45) is 1.64. The summed E-state index contributed by atoms with van der Waals surface area (Å²) in [5.74, 6) is -0.417. The van der Waals surface area contributed by atoms with Gasteiger partial charge >= 0.3 is 9.24 Å². The van der Waals surface area contributed by atoms with Gasteiger partial charge in [-0.25, -0.2) is 4.31 Å². The van der Waals surface area contributed by atoms with E-state index in [2.05, 4.69) is 0 Å². The highest BCUT2D eigenvalue weighted by Crippen LogP contribution is 2.52. The van der Waals surface area contributed by atoms with Crippen LogP contribution in [0.4, 0.5) is 0 Å². The summed E-state index contributed by atoms with van der Waals surface area (Å²) in [6.45, 7) is 1.95. The molecule has 0 aromatic heterocycles. The van der Waals surface area contributed by atoms with Gasteiger partial charge < -0.3 is 0 Å². The second kappa shape index (κ2) is 3.48. The third-order valence-corrected chi connectivity index (χ3v) is 5.25. The van der Waals surface area contributed by atoms with Gasteiger partial charge in [0.1, 0.15) is 0 Å². The van der Waals surface area contributed by atoms with E-state index < -0.39 is 20.7 Å². The van der Waals surface area contributed by atoms with Gasteiger partial charge in [0.2, 0.25) is 5.91 Å². The van der Waals surface area contributed by atoms with Crippen molar-refractivity contribution >= 4 is 25.8 Å². The van der Waals surface area contributed by atoms with Crippen LogP contribution in [-0.4, -0.2) is 18.6 Å². The maximum absolute atomic E-state index is 11.6. The van der Waals surface area contributed by atoms with E-state index >= 15 is 0 Å². The normalized spacial score (nSPS) is 26.3. The van der Waals surface area contributed by atoms with Gasteiger partial charge in [0, 0.05) is 10.7 Å². The predicted molar refractivity (Wildman–Crippen MR) is 67.4 cm³/mol. The minimum atomic E-state index is -4.01. The lowest BCUT2D eigenvalue weighted by Crippen LogP contribution is -2.61. The Morgan fingerprint density at radius 3 is 2.72 bits per heavy atom. The summed E-state index contributed by atoms with van der Waals surface area (Å²) in [5.41, 5.74) is 2.38. The molecule has 4 nitrogen and oxygen atoms in total. The van der Waals surface area contributed by atoms with Crippen molar-refractivity contribution in [3.8, 4) is 0 Å². The first-order valence-electron chi connectivity index (χ1n) is 5.72. The lowest BCUT2D eigenvalue weighted by molar-refractivity contribution is -0.145. The van der Waals surface area contributed by atoms with Crippen molar-refractivity contribution < 1.29 is 13.2 Å². The minimum absolute atomic E-state index is 0.232. The summed E-state index contributed by atoms with van der Waals surface area (Å²) >= 11 is 0. The quantitative estimate of drug-likeness (QED) is 0.584. The van der Waals surface area contributed by atoms with Crippen LogP contribution in [0.1, 0.15) is 29.5 Å². The smallest absolute Gasteiger partial charge is 0.274 e. The molecule has 3 rings (SSSR count). The van der Waals surface area contributed by atoms with Gasteiger partial charge in [-0.15, -0.1) is 0 Å². The Morgan fingerprint density at radius 2 is 2.11 bits per heavy atom. The molecule has 0 saturated carbocycles. The zero-order valence-electron chi connectivity index (χ0n) is 9.81. The summed E-state index contributed by atoms with van der Waals surface area (Å²) in [4.78, 5) is 11.6. The third kappa shape index (κ3) is 1.44. The molecule has 1 aliphatic carbocycles. The van der Waals surface area contributed by atoms with E-state index in [0.29, 0.717) is 6.42 Å². The number of carbonyl (C=O) groups excluding carboxylic acids is 1. The number of hydrogen-bond acceptors (Lipinski definition) is 3. The first-order valence-corrected chi connectivity index (χ1v) is 7.99. The molecule has 1 spiro atoms. The number of carbonyl (C=O) groups is 1. The number of nitrogens with zero attached hydrogens (tertiary/aromatic N) is 1. The van der Waals surface area contributed by atoms with E-state index in [1.54, 1.807) is 0 Å². The van der Waals surface area contributed by atoms with Gasteiger partial charge in [0.25, 0.3) is 0 Å². The first-order chi connectivity index (χ1) is 8.34. The number of hydrogen-bond donors (Lipinski definition) is 0. The first kappa shape index (κ1) is 12.0. The molecule has 1 saturated heterocycles. The van der Waals surface area contributed by atoms with Crippen molar-refractivity contribution in [1.29, 1.82) is 0 Å². The lowest BCUT2D eigenvalue weighted by atomic mass is 9.81. The summed E-state index contributed by atoms with van der Waals surface area (Å²) in [6, 6.07) is 5.96. The van der Waals surface area contributed by atoms with Gasteiger partial charge in [-0.2, -0.15) is 8.42 Å². The van der Waals surface area contributed by atoms with Gasteiger partial charge in [0.05, 0.1) is 12.0 Å². The second-order valence-electron chi connectivity index (χ2n) is 4.97. The van der Waals surface area contributed by atoms with E-state index in [-0.39, 0.29) is 6.42 Å². The van der Waals surface area contributed by atoms with Crippen molar-refractivity contribution in [2.75, 3.05) is 0 Å². The molecular formula is C12H12ClNO3S. The fourth-order valence-corrected chi connectivity index (χ4v) is 4.69. The number of rotatable bonds is 1. The Bertz CT molecular complexity index is 655. The average molecular weight is 286 g/mol. The molecule has 2 aliphatic rings. The van der Waals surface area contributed by atoms with Crippen molar-refractivity contribution in [2.45, 2.75) is 31.7 Å². The van der Waals surface area contributed by atoms with Gasteiger partial charge in [0.15, 0.2) is 0 Å². The van der Waals surface area contributed by atoms with Crippen LogP contribution in [0.3, 0.4) is 0 Å². The van der Waals surface area contributed by atoms with E-state index in [1.165, 1.54) is 0 Å². The van der Waals surface area contributed by atoms with Crippen LogP contribution >= 0.6 is 10.7 Å². The number of β-lactam (4-membered cyclic amide) rings is 1. The van der Waals surface area contributed by atoms with E-state index in [1.807, 2.05) is 25.1 Å². The molecule has 1 amide bonds. The maximum Gasteiger partial charge on any atom is 0.324 e. The molecule has 6 heteroatoms. The molecule has 0 radical (unpaired) electrons. The number of amides is 1. The zero-order valence-corrected chi connectivity index (χ0v) is 11.4. The fourth-order valence-electron chi connectivity index (χ4n) is 3.08. The molecule has 0 N–H and O–H groups in total. The summed E-state index contributed by atoms with van der Waals surface area (Å²) < 4.78 is 24.0. The SMILES string of the molecule is Cc1ccc2c(c1)C1(CC2)CC(=O)N1S(=O)(=O)Cl. The van der Waals surface area contributed by atoms with E-state index in [9.17, 15) is 13.2 Å². The molecule has 1 atom stereocenters. The topological polar surface area (TPSA) is 54.5 Å². The highest BCUT2D eigenvalue weighted by molar-refractivity contribution is 8.12. The monoisotopic (exact) mass is 285 g/mol. The molecule has 0 bridgehead atoms. The average Bonchev–Trinajstić information content (AvgIpc) is 2.56. The minimum Gasteiger partial charge on any atom is -0.274 e. The van der Waals surface area contributed by atoms with Crippen molar-refractivity contribution in [2.24, 2.45) is 0 Å². The summed E-state index contributed by atoms with van der Waals surface area (Å²) in [5, 5.41) is 0. The highest BCUT2D eigenvalue weighted by Gasteiger charge is 2.59. The molecule has 1 aromatic carbocycles. The molecule has 1 heterocycles. The predicted octanol–water partition coefficient (Wildman–Crippen LogP) is 1.85. The molecule has 1 unspecified atom stereocenters. The molecule has 1 aromatic rings. The van der Waals surface area contributed by atoms with Crippen LogP contribution in [0, 0.1) is 6.92 Å². The molecule has 1 fully saturated rings. The summed E-state index contributed by atoms with van der Waals surface area (Å²) in [7, 11) is 1.38.